The van der Waals surface area contributed by atoms with Gasteiger partial charge in [-0.15, -0.1) is 0 Å². The van der Waals surface area contributed by atoms with Crippen LogP contribution >= 0.6 is 0 Å². The first-order valence-corrected chi connectivity index (χ1v) is 9.97. The van der Waals surface area contributed by atoms with Crippen molar-refractivity contribution in [2.75, 3.05) is 41.3 Å². The lowest BCUT2D eigenvalue weighted by atomic mass is 10.1. The van der Waals surface area contributed by atoms with Gasteiger partial charge in [-0.3, -0.25) is 0 Å². The number of hydrogen-bond donors (Lipinski definition) is 1. The normalized spacial score (nSPS) is 14.2. The Kier molecular flexibility index (Phi) is 5.42. The fourth-order valence-corrected chi connectivity index (χ4v) is 3.56. The van der Waals surface area contributed by atoms with E-state index in [0.29, 0.717) is 5.95 Å². The van der Waals surface area contributed by atoms with Gasteiger partial charge in [0.25, 0.3) is 0 Å². The summed E-state index contributed by atoms with van der Waals surface area (Å²) in [7, 11) is 0. The van der Waals surface area contributed by atoms with Gasteiger partial charge in [0.1, 0.15) is 5.82 Å². The van der Waals surface area contributed by atoms with E-state index in [-0.39, 0.29) is 0 Å². The zero-order valence-corrected chi connectivity index (χ0v) is 16.6. The third-order valence-electron chi connectivity index (χ3n) is 5.23. The molecule has 2 heterocycles. The molecule has 2 aromatic carbocycles. The number of benzene rings is 2. The van der Waals surface area contributed by atoms with Gasteiger partial charge in [0.2, 0.25) is 5.95 Å². The molecule has 0 amide bonds. The van der Waals surface area contributed by atoms with Crippen LogP contribution < -0.4 is 15.1 Å². The Morgan fingerprint density at radius 3 is 2.39 bits per heavy atom. The molecule has 5 heteroatoms. The number of hydrogen-bond acceptors (Lipinski definition) is 5. The smallest absolute Gasteiger partial charge is 0.229 e. The van der Waals surface area contributed by atoms with E-state index in [9.17, 15) is 0 Å². The molecule has 1 N–H and O–H groups in total. The summed E-state index contributed by atoms with van der Waals surface area (Å²) in [6.07, 6.45) is 2.87. The number of aryl methyl sites for hydroxylation is 2. The van der Waals surface area contributed by atoms with Gasteiger partial charge in [-0.1, -0.05) is 31.2 Å². The summed E-state index contributed by atoms with van der Waals surface area (Å²) in [5, 5.41) is 3.32. The molecule has 4 rings (SSSR count). The molecule has 0 bridgehead atoms. The molecule has 0 unspecified atom stereocenters. The van der Waals surface area contributed by atoms with E-state index in [0.717, 1.165) is 44.1 Å². The van der Waals surface area contributed by atoms with Gasteiger partial charge in [0, 0.05) is 43.8 Å². The van der Waals surface area contributed by atoms with Gasteiger partial charge in [-0.05, 0) is 54.8 Å². The van der Waals surface area contributed by atoms with E-state index in [1.54, 1.807) is 0 Å². The lowest BCUT2D eigenvalue weighted by molar-refractivity contribution is 0.647. The van der Waals surface area contributed by atoms with Crippen molar-refractivity contribution >= 4 is 23.1 Å². The van der Waals surface area contributed by atoms with E-state index >= 15 is 0 Å². The topological polar surface area (TPSA) is 44.3 Å². The largest absolute Gasteiger partial charge is 0.368 e. The molecule has 1 aliphatic rings. The molecule has 0 atom stereocenters. The lowest BCUT2D eigenvalue weighted by Crippen LogP contribution is -2.46. The highest BCUT2D eigenvalue weighted by Gasteiger charge is 2.18. The second-order valence-corrected chi connectivity index (χ2v) is 7.23. The molecule has 144 valence electrons. The van der Waals surface area contributed by atoms with Crippen molar-refractivity contribution in [1.29, 1.82) is 0 Å². The van der Waals surface area contributed by atoms with Gasteiger partial charge in [0.15, 0.2) is 0 Å². The Bertz CT molecular complexity index is 914. The average molecular weight is 374 g/mol. The quantitative estimate of drug-likeness (QED) is 0.717. The fraction of sp³-hybridized carbons (Fsp3) is 0.304. The van der Waals surface area contributed by atoms with Gasteiger partial charge in [-0.2, -0.15) is 4.98 Å². The average Bonchev–Trinajstić information content (AvgIpc) is 2.75. The second-order valence-electron chi connectivity index (χ2n) is 7.23. The molecule has 1 fully saturated rings. The zero-order valence-electron chi connectivity index (χ0n) is 16.6. The maximum absolute atomic E-state index is 4.73. The van der Waals surface area contributed by atoms with Crippen LogP contribution in [0.15, 0.2) is 60.8 Å². The Balaban J connectivity index is 1.40. The Labute approximate surface area is 167 Å². The second kappa shape index (κ2) is 8.30. The van der Waals surface area contributed by atoms with Crippen LogP contribution in [-0.4, -0.2) is 36.1 Å². The summed E-state index contributed by atoms with van der Waals surface area (Å²) in [5.74, 6) is 1.62. The van der Waals surface area contributed by atoms with Crippen LogP contribution in [0.5, 0.6) is 0 Å². The molecular weight excluding hydrogens is 346 g/mol. The van der Waals surface area contributed by atoms with Crippen molar-refractivity contribution in [3.8, 4) is 0 Å². The van der Waals surface area contributed by atoms with E-state index in [1.807, 2.05) is 12.3 Å². The first kappa shape index (κ1) is 18.3. The van der Waals surface area contributed by atoms with Crippen LogP contribution in [0.4, 0.5) is 23.1 Å². The molecule has 28 heavy (non-hydrogen) atoms. The molecule has 0 aliphatic carbocycles. The van der Waals surface area contributed by atoms with Gasteiger partial charge in [-0.25, -0.2) is 4.98 Å². The minimum absolute atomic E-state index is 0.642. The van der Waals surface area contributed by atoms with Crippen molar-refractivity contribution in [3.05, 3.63) is 71.9 Å². The molecular formula is C23H27N5. The number of rotatable bonds is 5. The van der Waals surface area contributed by atoms with Crippen LogP contribution in [0.25, 0.3) is 0 Å². The standard InChI is InChI=1S/C23H27N5/c1-3-19-7-9-20(10-8-19)25-23-24-12-11-22(26-23)28-15-13-27(14-16-28)21-6-4-5-18(2)17-21/h4-12,17H,3,13-16H2,1-2H3,(H,24,25,26). The molecule has 1 aliphatic heterocycles. The number of aromatic nitrogens is 2. The minimum atomic E-state index is 0.642. The summed E-state index contributed by atoms with van der Waals surface area (Å²) in [5.41, 5.74) is 4.95. The number of nitrogens with zero attached hydrogens (tertiary/aromatic N) is 4. The third kappa shape index (κ3) is 4.25. The summed E-state index contributed by atoms with van der Waals surface area (Å²) >= 11 is 0. The van der Waals surface area contributed by atoms with Crippen LogP contribution in [0, 0.1) is 6.92 Å². The van der Waals surface area contributed by atoms with Crippen LogP contribution in [0.1, 0.15) is 18.1 Å². The monoisotopic (exact) mass is 373 g/mol. The molecule has 0 saturated carbocycles. The molecule has 1 aromatic heterocycles. The summed E-state index contributed by atoms with van der Waals surface area (Å²) in [6.45, 7) is 8.20. The Morgan fingerprint density at radius 2 is 1.68 bits per heavy atom. The van der Waals surface area contributed by atoms with Crippen LogP contribution in [-0.2, 0) is 6.42 Å². The predicted octanol–water partition coefficient (Wildman–Crippen LogP) is 4.42. The predicted molar refractivity (Wildman–Crippen MR) is 117 cm³/mol. The molecule has 3 aromatic rings. The fourth-order valence-electron chi connectivity index (χ4n) is 3.56. The van der Waals surface area contributed by atoms with Crippen molar-refractivity contribution in [2.45, 2.75) is 20.3 Å². The lowest BCUT2D eigenvalue weighted by Gasteiger charge is -2.36. The molecule has 5 nitrogen and oxygen atoms in total. The number of piperazine rings is 1. The highest BCUT2D eigenvalue weighted by atomic mass is 15.3. The minimum Gasteiger partial charge on any atom is -0.368 e. The van der Waals surface area contributed by atoms with Crippen LogP contribution in [0.3, 0.4) is 0 Å². The first-order chi connectivity index (χ1) is 13.7. The van der Waals surface area contributed by atoms with Gasteiger partial charge >= 0.3 is 0 Å². The van der Waals surface area contributed by atoms with Crippen molar-refractivity contribution in [3.63, 3.8) is 0 Å². The number of nitrogens with one attached hydrogen (secondary N) is 1. The van der Waals surface area contributed by atoms with E-state index in [4.69, 9.17) is 4.98 Å². The van der Waals surface area contributed by atoms with E-state index < -0.39 is 0 Å². The van der Waals surface area contributed by atoms with Gasteiger partial charge < -0.3 is 15.1 Å². The highest BCUT2D eigenvalue weighted by Crippen LogP contribution is 2.21. The van der Waals surface area contributed by atoms with E-state index in [1.165, 1.54) is 16.8 Å². The van der Waals surface area contributed by atoms with Crippen molar-refractivity contribution in [2.24, 2.45) is 0 Å². The molecule has 1 saturated heterocycles. The van der Waals surface area contributed by atoms with E-state index in [2.05, 4.69) is 82.5 Å². The highest BCUT2D eigenvalue weighted by molar-refractivity contribution is 5.56. The third-order valence-corrected chi connectivity index (χ3v) is 5.23. The van der Waals surface area contributed by atoms with Gasteiger partial charge in [0.05, 0.1) is 0 Å². The molecule has 0 radical (unpaired) electrons. The maximum Gasteiger partial charge on any atom is 0.229 e. The maximum atomic E-state index is 4.73. The Hall–Kier alpha value is -3.08. The van der Waals surface area contributed by atoms with Crippen molar-refractivity contribution in [1.82, 2.24) is 9.97 Å². The zero-order chi connectivity index (χ0) is 19.3. The summed E-state index contributed by atoms with van der Waals surface area (Å²) in [4.78, 5) is 13.9. The summed E-state index contributed by atoms with van der Waals surface area (Å²) in [6, 6.07) is 19.1. The van der Waals surface area contributed by atoms with Crippen LogP contribution in [0.2, 0.25) is 0 Å². The SMILES string of the molecule is CCc1ccc(Nc2nccc(N3CCN(c4cccc(C)c4)CC3)n2)cc1. The number of anilines is 4. The first-order valence-electron chi connectivity index (χ1n) is 9.97. The molecule has 0 spiro atoms. The summed E-state index contributed by atoms with van der Waals surface area (Å²) < 4.78 is 0. The van der Waals surface area contributed by atoms with Crippen molar-refractivity contribution < 1.29 is 0 Å². The Morgan fingerprint density at radius 1 is 0.929 bits per heavy atom.